The molecule has 3 rings (SSSR count). The summed E-state index contributed by atoms with van der Waals surface area (Å²) in [7, 11) is -2.23. The number of rotatable bonds is 7. The Morgan fingerprint density at radius 2 is 1.75 bits per heavy atom. The van der Waals surface area contributed by atoms with Gasteiger partial charge in [-0.2, -0.15) is 0 Å². The van der Waals surface area contributed by atoms with Gasteiger partial charge in [-0.05, 0) is 52.7 Å². The number of sulfonamides is 1. The molecule has 146 valence electrons. The summed E-state index contributed by atoms with van der Waals surface area (Å²) in [4.78, 5) is 8.42. The molecule has 0 aliphatic heterocycles. The van der Waals surface area contributed by atoms with E-state index in [0.717, 1.165) is 16.9 Å². The van der Waals surface area contributed by atoms with Gasteiger partial charge in [0.05, 0.1) is 18.2 Å². The molecule has 28 heavy (non-hydrogen) atoms. The number of hydrogen-bond acceptors (Lipinski definition) is 6. The third-order valence-electron chi connectivity index (χ3n) is 3.81. The van der Waals surface area contributed by atoms with Crippen molar-refractivity contribution in [2.24, 2.45) is 0 Å². The summed E-state index contributed by atoms with van der Waals surface area (Å²) in [5.41, 5.74) is 1.83. The van der Waals surface area contributed by atoms with Gasteiger partial charge >= 0.3 is 0 Å². The minimum atomic E-state index is -3.82. The molecule has 0 aliphatic rings. The highest BCUT2D eigenvalue weighted by Gasteiger charge is 2.19. The molecule has 0 saturated carbocycles. The number of benzene rings is 2. The average molecular weight is 464 g/mol. The molecule has 1 heterocycles. The van der Waals surface area contributed by atoms with E-state index in [1.807, 2.05) is 31.2 Å². The fraction of sp³-hybridized carbons (Fsp3) is 0.158. The van der Waals surface area contributed by atoms with Crippen LogP contribution in [0, 0.1) is 6.92 Å². The third-order valence-corrected chi connectivity index (χ3v) is 5.54. The number of nitrogens with one attached hydrogen (secondary N) is 1. The fourth-order valence-corrected chi connectivity index (χ4v) is 3.57. The zero-order valence-electron chi connectivity index (χ0n) is 15.2. The van der Waals surface area contributed by atoms with Crippen molar-refractivity contribution in [3.8, 4) is 11.6 Å². The molecule has 0 amide bonds. The lowest BCUT2D eigenvalue weighted by atomic mass is 10.2. The van der Waals surface area contributed by atoms with Crippen LogP contribution in [0.15, 0.2) is 64.2 Å². The first-order valence-corrected chi connectivity index (χ1v) is 10.5. The van der Waals surface area contributed by atoms with Gasteiger partial charge in [0, 0.05) is 0 Å². The number of aromatic nitrogens is 2. The van der Waals surface area contributed by atoms with E-state index >= 15 is 0 Å². The van der Waals surface area contributed by atoms with Crippen LogP contribution in [0.2, 0.25) is 0 Å². The molecule has 0 fully saturated rings. The summed E-state index contributed by atoms with van der Waals surface area (Å²) >= 11 is 3.23. The Labute approximate surface area is 171 Å². The second kappa shape index (κ2) is 8.57. The van der Waals surface area contributed by atoms with Gasteiger partial charge in [0.25, 0.3) is 15.9 Å². The first-order valence-electron chi connectivity index (χ1n) is 8.25. The molecule has 9 heteroatoms. The predicted octanol–water partition coefficient (Wildman–Crippen LogP) is 3.94. The van der Waals surface area contributed by atoms with Crippen LogP contribution < -0.4 is 14.2 Å². The van der Waals surface area contributed by atoms with Crippen molar-refractivity contribution in [1.82, 2.24) is 9.97 Å². The van der Waals surface area contributed by atoms with Gasteiger partial charge in [0.15, 0.2) is 0 Å². The van der Waals surface area contributed by atoms with Crippen molar-refractivity contribution >= 4 is 31.8 Å². The van der Waals surface area contributed by atoms with Crippen LogP contribution in [-0.2, 0) is 16.6 Å². The molecule has 0 saturated heterocycles. The summed E-state index contributed by atoms with van der Waals surface area (Å²) in [5.74, 6) is 0.815. The molecule has 0 bridgehead atoms. The molecule has 0 unspecified atom stereocenters. The van der Waals surface area contributed by atoms with Crippen molar-refractivity contribution < 1.29 is 17.9 Å². The molecule has 0 radical (unpaired) electrons. The number of ether oxygens (including phenoxy) is 2. The highest BCUT2D eigenvalue weighted by Crippen LogP contribution is 2.25. The topological polar surface area (TPSA) is 90.4 Å². The van der Waals surface area contributed by atoms with Gasteiger partial charge in [-0.3, -0.25) is 4.72 Å². The molecule has 1 aromatic heterocycles. The number of hydrogen-bond donors (Lipinski definition) is 1. The molecule has 0 spiro atoms. The van der Waals surface area contributed by atoms with Crippen LogP contribution in [-0.4, -0.2) is 25.5 Å². The van der Waals surface area contributed by atoms with Gasteiger partial charge in [-0.1, -0.05) is 29.8 Å². The zero-order valence-corrected chi connectivity index (χ0v) is 17.6. The van der Waals surface area contributed by atoms with E-state index in [4.69, 9.17) is 9.47 Å². The van der Waals surface area contributed by atoms with Gasteiger partial charge in [0.1, 0.15) is 17.0 Å². The van der Waals surface area contributed by atoms with E-state index in [0.29, 0.717) is 4.60 Å². The summed E-state index contributed by atoms with van der Waals surface area (Å²) in [6.07, 6.45) is 1.40. The van der Waals surface area contributed by atoms with Crippen LogP contribution in [0.3, 0.4) is 0 Å². The highest BCUT2D eigenvalue weighted by molar-refractivity contribution is 9.10. The van der Waals surface area contributed by atoms with Crippen LogP contribution in [0.1, 0.15) is 11.1 Å². The van der Waals surface area contributed by atoms with E-state index in [-0.39, 0.29) is 23.2 Å². The maximum Gasteiger partial charge on any atom is 0.263 e. The smallest absolute Gasteiger partial charge is 0.263 e. The first-order chi connectivity index (χ1) is 13.4. The molecular formula is C19H18BrN3O4S. The first kappa shape index (κ1) is 20.1. The molecule has 3 aromatic rings. The maximum absolute atomic E-state index is 12.6. The Bertz CT molecular complexity index is 1060. The standard InChI is InChI=1S/C19H18BrN3O4S/c1-13-3-9-16(10-4-13)28(24,25)23-18-19(22-17(20)11-21-18)27-12-14-5-7-15(26-2)8-6-14/h3-11H,12H2,1-2H3,(H,21,23). The lowest BCUT2D eigenvalue weighted by Crippen LogP contribution is -2.15. The Hall–Kier alpha value is -2.65. The van der Waals surface area contributed by atoms with Crippen LogP contribution in [0.25, 0.3) is 0 Å². The molecule has 2 aromatic carbocycles. The van der Waals surface area contributed by atoms with Gasteiger partial charge < -0.3 is 9.47 Å². The minimum absolute atomic E-state index is 0.0114. The summed E-state index contributed by atoms with van der Waals surface area (Å²) in [6, 6.07) is 13.8. The van der Waals surface area contributed by atoms with Gasteiger partial charge in [-0.15, -0.1) is 0 Å². The Balaban J connectivity index is 1.80. The summed E-state index contributed by atoms with van der Waals surface area (Å²) in [5, 5.41) is 0. The van der Waals surface area contributed by atoms with E-state index in [9.17, 15) is 8.42 Å². The van der Waals surface area contributed by atoms with Crippen LogP contribution in [0.5, 0.6) is 11.6 Å². The quantitative estimate of drug-likeness (QED) is 0.570. The van der Waals surface area contributed by atoms with Crippen molar-refractivity contribution in [3.05, 3.63) is 70.5 Å². The Morgan fingerprint density at radius 1 is 1.07 bits per heavy atom. The average Bonchev–Trinajstić information content (AvgIpc) is 2.68. The number of nitrogens with zero attached hydrogens (tertiary/aromatic N) is 2. The van der Waals surface area contributed by atoms with E-state index in [2.05, 4.69) is 30.6 Å². The third kappa shape index (κ3) is 4.99. The summed E-state index contributed by atoms with van der Waals surface area (Å²) < 4.78 is 39.0. The van der Waals surface area contributed by atoms with E-state index in [1.165, 1.54) is 18.3 Å². The summed E-state index contributed by atoms with van der Waals surface area (Å²) in [6.45, 7) is 2.07. The predicted molar refractivity (Wildman–Crippen MR) is 109 cm³/mol. The largest absolute Gasteiger partial charge is 0.497 e. The van der Waals surface area contributed by atoms with Gasteiger partial charge in [0.2, 0.25) is 5.82 Å². The Morgan fingerprint density at radius 3 is 2.39 bits per heavy atom. The van der Waals surface area contributed by atoms with Crippen molar-refractivity contribution in [1.29, 1.82) is 0 Å². The second-order valence-electron chi connectivity index (χ2n) is 5.90. The van der Waals surface area contributed by atoms with Crippen LogP contribution in [0.4, 0.5) is 5.82 Å². The Kier molecular flexibility index (Phi) is 6.15. The minimum Gasteiger partial charge on any atom is -0.497 e. The fourth-order valence-electron chi connectivity index (χ4n) is 2.30. The number of halogens is 1. The molecule has 0 atom stereocenters. The van der Waals surface area contributed by atoms with E-state index in [1.54, 1.807) is 19.2 Å². The maximum atomic E-state index is 12.6. The van der Waals surface area contributed by atoms with Crippen molar-refractivity contribution in [2.75, 3.05) is 11.8 Å². The lowest BCUT2D eigenvalue weighted by molar-refractivity contribution is 0.294. The lowest BCUT2D eigenvalue weighted by Gasteiger charge is -2.12. The van der Waals surface area contributed by atoms with E-state index < -0.39 is 10.0 Å². The van der Waals surface area contributed by atoms with Crippen LogP contribution >= 0.6 is 15.9 Å². The molecule has 7 nitrogen and oxygen atoms in total. The molecule has 0 aliphatic carbocycles. The van der Waals surface area contributed by atoms with Crippen molar-refractivity contribution in [3.63, 3.8) is 0 Å². The number of anilines is 1. The SMILES string of the molecule is COc1ccc(COc2nc(Br)cnc2NS(=O)(=O)c2ccc(C)cc2)cc1. The molecular weight excluding hydrogens is 446 g/mol. The second-order valence-corrected chi connectivity index (χ2v) is 8.40. The van der Waals surface area contributed by atoms with Gasteiger partial charge in [-0.25, -0.2) is 18.4 Å². The highest BCUT2D eigenvalue weighted by atomic mass is 79.9. The number of aryl methyl sites for hydroxylation is 1. The van der Waals surface area contributed by atoms with Crippen molar-refractivity contribution in [2.45, 2.75) is 18.4 Å². The normalized spacial score (nSPS) is 11.1. The zero-order chi connectivity index (χ0) is 20.1. The monoisotopic (exact) mass is 463 g/mol. The number of methoxy groups -OCH3 is 1. The molecule has 1 N–H and O–H groups in total.